The highest BCUT2D eigenvalue weighted by molar-refractivity contribution is 6.30. The molecule has 26 heavy (non-hydrogen) atoms. The molecule has 0 spiro atoms. The molecule has 0 bridgehead atoms. The first kappa shape index (κ1) is 19.9. The van der Waals surface area contributed by atoms with Crippen LogP contribution in [0.4, 0.5) is 5.69 Å². The quantitative estimate of drug-likeness (QED) is 0.658. The van der Waals surface area contributed by atoms with Gasteiger partial charge in [0.25, 0.3) is 5.91 Å². The van der Waals surface area contributed by atoms with Gasteiger partial charge in [-0.2, -0.15) is 0 Å². The summed E-state index contributed by atoms with van der Waals surface area (Å²) in [5.41, 5.74) is 1.78. The Balaban J connectivity index is 1.93. The van der Waals surface area contributed by atoms with Gasteiger partial charge in [0.2, 0.25) is 5.91 Å². The molecule has 2 aromatic rings. The summed E-state index contributed by atoms with van der Waals surface area (Å²) in [4.78, 5) is 24.6. The molecule has 0 aliphatic rings. The van der Waals surface area contributed by atoms with Gasteiger partial charge in [-0.3, -0.25) is 9.59 Å². The van der Waals surface area contributed by atoms with Gasteiger partial charge in [-0.15, -0.1) is 0 Å². The Labute approximate surface area is 158 Å². The Kier molecular flexibility index (Phi) is 8.12. The van der Waals surface area contributed by atoms with E-state index >= 15 is 0 Å². The summed E-state index contributed by atoms with van der Waals surface area (Å²) in [7, 11) is 0. The van der Waals surface area contributed by atoms with Crippen molar-refractivity contribution in [3.63, 3.8) is 0 Å². The molecular formula is C20H23ClN2O3. The number of anilines is 1. The Morgan fingerprint density at radius 2 is 1.81 bits per heavy atom. The van der Waals surface area contributed by atoms with E-state index in [1.54, 1.807) is 48.5 Å². The second-order valence-electron chi connectivity index (χ2n) is 5.70. The molecule has 0 radical (unpaired) electrons. The van der Waals surface area contributed by atoms with Gasteiger partial charge in [0.05, 0.1) is 17.7 Å². The summed E-state index contributed by atoms with van der Waals surface area (Å²) in [6.07, 6.45) is 0.951. The molecule has 0 unspecified atom stereocenters. The average Bonchev–Trinajstić information content (AvgIpc) is 2.63. The van der Waals surface area contributed by atoms with Crippen LogP contribution in [0.2, 0.25) is 5.02 Å². The van der Waals surface area contributed by atoms with Gasteiger partial charge >= 0.3 is 0 Å². The number of carbonyl (C=O) groups excluding carboxylic acids is 2. The molecule has 0 fully saturated rings. The number of nitrogens with one attached hydrogen (secondary N) is 2. The van der Waals surface area contributed by atoms with Crippen LogP contribution in [0.5, 0.6) is 0 Å². The number of hydrogen-bond donors (Lipinski definition) is 2. The highest BCUT2D eigenvalue weighted by Crippen LogP contribution is 2.16. The Morgan fingerprint density at radius 1 is 1.08 bits per heavy atom. The van der Waals surface area contributed by atoms with Crippen molar-refractivity contribution in [1.29, 1.82) is 0 Å². The van der Waals surface area contributed by atoms with Crippen molar-refractivity contribution in [3.05, 3.63) is 64.7 Å². The predicted molar refractivity (Wildman–Crippen MR) is 104 cm³/mol. The maximum atomic E-state index is 12.4. The molecule has 5 nitrogen and oxygen atoms in total. The Hall–Kier alpha value is -2.37. The Bertz CT molecular complexity index is 732. The predicted octanol–water partition coefficient (Wildman–Crippen LogP) is 3.68. The maximum Gasteiger partial charge on any atom is 0.253 e. The summed E-state index contributed by atoms with van der Waals surface area (Å²) < 4.78 is 5.24. The van der Waals surface area contributed by atoms with Crippen LogP contribution in [-0.2, 0) is 16.0 Å². The summed E-state index contributed by atoms with van der Waals surface area (Å²) in [5, 5.41) is 6.28. The molecule has 0 saturated heterocycles. The van der Waals surface area contributed by atoms with E-state index in [1.807, 2.05) is 6.92 Å². The number of hydrogen-bond acceptors (Lipinski definition) is 3. The third kappa shape index (κ3) is 6.50. The SMILES string of the molecule is CCOCCCNC(=O)c1ccccc1NC(=O)Cc1ccc(Cl)cc1. The van der Waals surface area contributed by atoms with Gasteiger partial charge in [-0.25, -0.2) is 0 Å². The van der Waals surface area contributed by atoms with E-state index in [2.05, 4.69) is 10.6 Å². The third-order valence-corrected chi connectivity index (χ3v) is 3.93. The summed E-state index contributed by atoms with van der Waals surface area (Å²) in [6, 6.07) is 14.1. The van der Waals surface area contributed by atoms with Crippen LogP contribution in [0.3, 0.4) is 0 Å². The monoisotopic (exact) mass is 374 g/mol. The minimum atomic E-state index is -0.219. The lowest BCUT2D eigenvalue weighted by Gasteiger charge is -2.11. The van der Waals surface area contributed by atoms with Gasteiger partial charge in [0.1, 0.15) is 0 Å². The van der Waals surface area contributed by atoms with Gasteiger partial charge in [0, 0.05) is 24.8 Å². The molecule has 2 rings (SSSR count). The molecule has 138 valence electrons. The zero-order valence-electron chi connectivity index (χ0n) is 14.8. The number of ether oxygens (including phenoxy) is 1. The average molecular weight is 375 g/mol. The molecule has 0 atom stereocenters. The standard InChI is InChI=1S/C20H23ClN2O3/c1-2-26-13-5-12-22-20(25)17-6-3-4-7-18(17)23-19(24)14-15-8-10-16(21)11-9-15/h3-4,6-11H,2,5,12-14H2,1H3,(H,22,25)(H,23,24). The van der Waals surface area contributed by atoms with Crippen molar-refractivity contribution in [2.24, 2.45) is 0 Å². The van der Waals surface area contributed by atoms with Crippen LogP contribution in [0, 0.1) is 0 Å². The van der Waals surface area contributed by atoms with Gasteiger partial charge in [-0.05, 0) is 43.2 Å². The normalized spacial score (nSPS) is 10.4. The number of carbonyl (C=O) groups is 2. The van der Waals surface area contributed by atoms with E-state index < -0.39 is 0 Å². The van der Waals surface area contributed by atoms with Gasteiger partial charge in [0.15, 0.2) is 0 Å². The molecule has 6 heteroatoms. The highest BCUT2D eigenvalue weighted by Gasteiger charge is 2.13. The number of rotatable bonds is 9. The smallest absolute Gasteiger partial charge is 0.253 e. The molecule has 0 heterocycles. The van der Waals surface area contributed by atoms with Crippen LogP contribution in [0.25, 0.3) is 0 Å². The first-order valence-electron chi connectivity index (χ1n) is 8.59. The molecule has 2 N–H and O–H groups in total. The molecule has 0 aliphatic carbocycles. The zero-order valence-corrected chi connectivity index (χ0v) is 15.5. The van der Waals surface area contributed by atoms with Crippen LogP contribution in [0.15, 0.2) is 48.5 Å². The van der Waals surface area contributed by atoms with Gasteiger partial charge < -0.3 is 15.4 Å². The second-order valence-corrected chi connectivity index (χ2v) is 6.14. The van der Waals surface area contributed by atoms with Crippen LogP contribution < -0.4 is 10.6 Å². The number of para-hydroxylation sites is 1. The largest absolute Gasteiger partial charge is 0.382 e. The van der Waals surface area contributed by atoms with Crippen molar-refractivity contribution in [2.75, 3.05) is 25.1 Å². The molecular weight excluding hydrogens is 352 g/mol. The second kappa shape index (κ2) is 10.6. The van der Waals surface area contributed by atoms with Crippen molar-refractivity contribution >= 4 is 29.1 Å². The third-order valence-electron chi connectivity index (χ3n) is 3.68. The fourth-order valence-electron chi connectivity index (χ4n) is 2.39. The van der Waals surface area contributed by atoms with Crippen molar-refractivity contribution in [1.82, 2.24) is 5.32 Å². The first-order chi connectivity index (χ1) is 12.6. The zero-order chi connectivity index (χ0) is 18.8. The van der Waals surface area contributed by atoms with E-state index in [9.17, 15) is 9.59 Å². The lowest BCUT2D eigenvalue weighted by atomic mass is 10.1. The summed E-state index contributed by atoms with van der Waals surface area (Å²) in [6.45, 7) is 3.72. The Morgan fingerprint density at radius 3 is 2.54 bits per heavy atom. The molecule has 0 aliphatic heterocycles. The molecule has 2 amide bonds. The summed E-state index contributed by atoms with van der Waals surface area (Å²) in [5.74, 6) is -0.409. The fourth-order valence-corrected chi connectivity index (χ4v) is 2.51. The van der Waals surface area contributed by atoms with Crippen LogP contribution in [0.1, 0.15) is 29.3 Å². The lowest BCUT2D eigenvalue weighted by Crippen LogP contribution is -2.27. The molecule has 0 saturated carbocycles. The number of benzene rings is 2. The van der Waals surface area contributed by atoms with Crippen LogP contribution in [-0.4, -0.2) is 31.6 Å². The number of amides is 2. The minimum absolute atomic E-state index is 0.191. The van der Waals surface area contributed by atoms with Crippen molar-refractivity contribution in [3.8, 4) is 0 Å². The van der Waals surface area contributed by atoms with E-state index in [4.69, 9.17) is 16.3 Å². The van der Waals surface area contributed by atoms with E-state index in [-0.39, 0.29) is 18.2 Å². The van der Waals surface area contributed by atoms with Crippen LogP contribution >= 0.6 is 11.6 Å². The number of halogens is 1. The minimum Gasteiger partial charge on any atom is -0.382 e. The van der Waals surface area contributed by atoms with E-state index in [1.165, 1.54) is 0 Å². The van der Waals surface area contributed by atoms with Gasteiger partial charge in [-0.1, -0.05) is 35.9 Å². The van der Waals surface area contributed by atoms with E-state index in [0.717, 1.165) is 12.0 Å². The van der Waals surface area contributed by atoms with E-state index in [0.29, 0.717) is 36.0 Å². The highest BCUT2D eigenvalue weighted by atomic mass is 35.5. The van der Waals surface area contributed by atoms with Crippen molar-refractivity contribution in [2.45, 2.75) is 19.8 Å². The molecule has 2 aromatic carbocycles. The first-order valence-corrected chi connectivity index (χ1v) is 8.97. The summed E-state index contributed by atoms with van der Waals surface area (Å²) >= 11 is 5.85. The fraction of sp³-hybridized carbons (Fsp3) is 0.300. The van der Waals surface area contributed by atoms with Crippen molar-refractivity contribution < 1.29 is 14.3 Å². The molecule has 0 aromatic heterocycles. The maximum absolute atomic E-state index is 12.4. The topological polar surface area (TPSA) is 67.4 Å². The lowest BCUT2D eigenvalue weighted by molar-refractivity contribution is -0.115.